The van der Waals surface area contributed by atoms with Crippen molar-refractivity contribution in [3.63, 3.8) is 0 Å². The predicted octanol–water partition coefficient (Wildman–Crippen LogP) is 0.959. The Morgan fingerprint density at radius 2 is 1.95 bits per heavy atom. The number of carbonyl (C=O) groups is 1. The smallest absolute Gasteiger partial charge is 0.406 e. The van der Waals surface area contributed by atoms with E-state index in [4.69, 9.17) is 22.6 Å². The van der Waals surface area contributed by atoms with Gasteiger partial charge in [0.1, 0.15) is 12.4 Å². The maximum atomic E-state index is 10.9. The summed E-state index contributed by atoms with van der Waals surface area (Å²) in [5.41, 5.74) is 0.438. The molecular formula is C14H13BNO6+. The fraction of sp³-hybridized carbons (Fsp3) is 0.143. The first-order chi connectivity index (χ1) is 10.5. The molecule has 22 heavy (non-hydrogen) atoms. The molecule has 1 heterocycles. The van der Waals surface area contributed by atoms with Crippen molar-refractivity contribution in [3.05, 3.63) is 47.8 Å². The van der Waals surface area contributed by atoms with Crippen LogP contribution in [0.15, 0.2) is 36.5 Å². The van der Waals surface area contributed by atoms with Crippen LogP contribution in [0.1, 0.15) is 16.1 Å². The Labute approximate surface area is 127 Å². The SMILES string of the molecule is [B]Oc1cc(C(=O)O)[n+](O)cc1OCc1ccc(OC)cc1. The topological polar surface area (TPSA) is 89.1 Å². The molecule has 112 valence electrons. The lowest BCUT2D eigenvalue weighted by Crippen LogP contribution is -2.37. The number of carboxylic acids is 1. The lowest BCUT2D eigenvalue weighted by Gasteiger charge is -2.09. The summed E-state index contributed by atoms with van der Waals surface area (Å²) in [6, 6.07) is 8.23. The summed E-state index contributed by atoms with van der Waals surface area (Å²) in [4.78, 5) is 10.9. The van der Waals surface area contributed by atoms with Crippen molar-refractivity contribution in [3.8, 4) is 17.2 Å². The van der Waals surface area contributed by atoms with Crippen molar-refractivity contribution < 1.29 is 34.0 Å². The zero-order chi connectivity index (χ0) is 16.1. The van der Waals surface area contributed by atoms with Gasteiger partial charge in [-0.3, -0.25) is 5.21 Å². The lowest BCUT2D eigenvalue weighted by molar-refractivity contribution is -0.906. The molecule has 0 aliphatic carbocycles. The zero-order valence-electron chi connectivity index (χ0n) is 11.7. The fourth-order valence-corrected chi connectivity index (χ4v) is 1.75. The van der Waals surface area contributed by atoms with Crippen molar-refractivity contribution in [1.29, 1.82) is 0 Å². The summed E-state index contributed by atoms with van der Waals surface area (Å²) in [5, 5.41) is 18.5. The number of benzene rings is 1. The Balaban J connectivity index is 2.17. The van der Waals surface area contributed by atoms with Gasteiger partial charge in [0.2, 0.25) is 5.75 Å². The minimum Gasteiger partial charge on any atom is -0.565 e. The molecule has 0 unspecified atom stereocenters. The van der Waals surface area contributed by atoms with Crippen LogP contribution < -0.4 is 18.9 Å². The number of aromatic carboxylic acids is 1. The molecule has 2 aromatic rings. The average Bonchev–Trinajstić information content (AvgIpc) is 2.53. The first kappa shape index (κ1) is 15.5. The third-order valence-electron chi connectivity index (χ3n) is 2.90. The average molecular weight is 302 g/mol. The molecule has 8 heteroatoms. The van der Waals surface area contributed by atoms with Crippen molar-refractivity contribution in [1.82, 2.24) is 0 Å². The number of pyridine rings is 1. The molecule has 0 bridgehead atoms. The van der Waals surface area contributed by atoms with E-state index in [1.54, 1.807) is 31.4 Å². The summed E-state index contributed by atoms with van der Waals surface area (Å²) in [5.74, 6) is -0.515. The molecule has 0 aliphatic rings. The van der Waals surface area contributed by atoms with Crippen LogP contribution >= 0.6 is 0 Å². The Bertz CT molecular complexity index is 674. The van der Waals surface area contributed by atoms with E-state index in [1.165, 1.54) is 0 Å². The maximum Gasteiger partial charge on any atom is 0.406 e. The quantitative estimate of drug-likeness (QED) is 0.469. The summed E-state index contributed by atoms with van der Waals surface area (Å²) in [7, 11) is 6.67. The Morgan fingerprint density at radius 3 is 2.50 bits per heavy atom. The zero-order valence-corrected chi connectivity index (χ0v) is 11.7. The van der Waals surface area contributed by atoms with Gasteiger partial charge in [0.25, 0.3) is 6.20 Å². The first-order valence-electron chi connectivity index (χ1n) is 6.20. The van der Waals surface area contributed by atoms with E-state index >= 15 is 0 Å². The number of hydrogen-bond donors (Lipinski definition) is 2. The van der Waals surface area contributed by atoms with E-state index in [0.717, 1.165) is 17.8 Å². The lowest BCUT2D eigenvalue weighted by atomic mass is 10.2. The van der Waals surface area contributed by atoms with Gasteiger partial charge in [-0.25, -0.2) is 4.79 Å². The second-order valence-electron chi connectivity index (χ2n) is 4.29. The highest BCUT2D eigenvalue weighted by molar-refractivity contribution is 6.00. The Kier molecular flexibility index (Phi) is 4.72. The predicted molar refractivity (Wildman–Crippen MR) is 74.5 cm³/mol. The van der Waals surface area contributed by atoms with E-state index in [-0.39, 0.29) is 18.1 Å². The normalized spacial score (nSPS) is 10.0. The van der Waals surface area contributed by atoms with E-state index in [9.17, 15) is 10.0 Å². The molecule has 2 N–H and O–H groups in total. The van der Waals surface area contributed by atoms with Gasteiger partial charge in [0.15, 0.2) is 5.75 Å². The van der Waals surface area contributed by atoms with Crippen LogP contribution in [0.5, 0.6) is 17.2 Å². The molecule has 1 aromatic heterocycles. The van der Waals surface area contributed by atoms with E-state index in [0.29, 0.717) is 10.5 Å². The van der Waals surface area contributed by atoms with Gasteiger partial charge in [-0.15, -0.1) is 0 Å². The molecular weight excluding hydrogens is 289 g/mol. The summed E-state index contributed by atoms with van der Waals surface area (Å²) >= 11 is 0. The van der Waals surface area contributed by atoms with Crippen molar-refractivity contribution in [2.24, 2.45) is 0 Å². The second kappa shape index (κ2) is 6.71. The monoisotopic (exact) mass is 302 g/mol. The molecule has 1 aromatic carbocycles. The van der Waals surface area contributed by atoms with Crippen LogP contribution in [-0.2, 0) is 6.61 Å². The van der Waals surface area contributed by atoms with Gasteiger partial charge in [-0.05, 0) is 17.7 Å². The summed E-state index contributed by atoms with van der Waals surface area (Å²) in [6.07, 6.45) is 1.06. The van der Waals surface area contributed by atoms with E-state index in [2.05, 4.69) is 4.65 Å². The molecule has 0 spiro atoms. The van der Waals surface area contributed by atoms with Crippen LogP contribution in [0.4, 0.5) is 0 Å². The Morgan fingerprint density at radius 1 is 1.27 bits per heavy atom. The van der Waals surface area contributed by atoms with Gasteiger partial charge in [-0.2, -0.15) is 0 Å². The fourth-order valence-electron chi connectivity index (χ4n) is 1.75. The van der Waals surface area contributed by atoms with E-state index in [1.807, 2.05) is 0 Å². The largest absolute Gasteiger partial charge is 0.565 e. The third-order valence-corrected chi connectivity index (χ3v) is 2.90. The summed E-state index contributed by atoms with van der Waals surface area (Å²) in [6.45, 7) is 0.173. The van der Waals surface area contributed by atoms with Crippen molar-refractivity contribution >= 4 is 14.0 Å². The standard InChI is InChI=1S/C14H12BNO6/c1-20-10-4-2-9(3-5-10)8-21-13-7-16(19)11(14(17)18)6-12(13)22-15/h2-7H,8H2,1H3,(H-,17,18,19)/p+1. The minimum atomic E-state index is -1.33. The number of ether oxygens (including phenoxy) is 2. The molecule has 0 aliphatic heterocycles. The van der Waals surface area contributed by atoms with Crippen LogP contribution in [-0.4, -0.2) is 31.4 Å². The third kappa shape index (κ3) is 3.40. The molecule has 0 amide bonds. The number of rotatable bonds is 6. The van der Waals surface area contributed by atoms with Crippen LogP contribution in [0, 0.1) is 0 Å². The number of nitrogens with zero attached hydrogens (tertiary/aromatic N) is 1. The van der Waals surface area contributed by atoms with Gasteiger partial charge < -0.3 is 19.2 Å². The number of carboxylic acid groups (broad SMARTS) is 1. The van der Waals surface area contributed by atoms with Gasteiger partial charge in [0.05, 0.1) is 13.2 Å². The van der Waals surface area contributed by atoms with Gasteiger partial charge in [0, 0.05) is 4.73 Å². The molecule has 7 nitrogen and oxygen atoms in total. The number of hydrogen-bond acceptors (Lipinski definition) is 5. The summed E-state index contributed by atoms with van der Waals surface area (Å²) < 4.78 is 15.5. The molecule has 0 atom stereocenters. The first-order valence-corrected chi connectivity index (χ1v) is 6.20. The van der Waals surface area contributed by atoms with Crippen LogP contribution in [0.2, 0.25) is 0 Å². The highest BCUT2D eigenvalue weighted by Gasteiger charge is 2.24. The number of aromatic nitrogens is 1. The molecule has 0 fully saturated rings. The van der Waals surface area contributed by atoms with E-state index < -0.39 is 11.7 Å². The van der Waals surface area contributed by atoms with Crippen LogP contribution in [0.3, 0.4) is 0 Å². The number of methoxy groups -OCH3 is 1. The van der Waals surface area contributed by atoms with Crippen molar-refractivity contribution in [2.45, 2.75) is 6.61 Å². The van der Waals surface area contributed by atoms with Gasteiger partial charge >= 0.3 is 19.7 Å². The van der Waals surface area contributed by atoms with Crippen LogP contribution in [0.25, 0.3) is 0 Å². The Hall–Kier alpha value is -2.90. The molecule has 2 radical (unpaired) electrons. The molecule has 0 saturated carbocycles. The minimum absolute atomic E-state index is 0.00351. The molecule has 2 rings (SSSR count). The highest BCUT2D eigenvalue weighted by Crippen LogP contribution is 2.26. The second-order valence-corrected chi connectivity index (χ2v) is 4.29. The van der Waals surface area contributed by atoms with Crippen molar-refractivity contribution in [2.75, 3.05) is 7.11 Å². The van der Waals surface area contributed by atoms with Gasteiger partial charge in [-0.1, -0.05) is 12.1 Å². The molecule has 0 saturated heterocycles. The maximum absolute atomic E-state index is 10.9. The highest BCUT2D eigenvalue weighted by atomic mass is 16.5.